The van der Waals surface area contributed by atoms with E-state index in [1.54, 1.807) is 0 Å². The molecule has 0 aromatic heterocycles. The molecule has 0 aromatic carbocycles. The quantitative estimate of drug-likeness (QED) is 0.739. The third kappa shape index (κ3) is 4.94. The minimum atomic E-state index is 0.101. The minimum absolute atomic E-state index is 0.101. The zero-order valence-electron chi connectivity index (χ0n) is 10.4. The number of ether oxygens (including phenoxy) is 1. The van der Waals surface area contributed by atoms with Gasteiger partial charge in [-0.15, -0.1) is 0 Å². The van der Waals surface area contributed by atoms with Gasteiger partial charge in [-0.05, 0) is 31.6 Å². The van der Waals surface area contributed by atoms with Crippen molar-refractivity contribution in [1.29, 1.82) is 0 Å². The fourth-order valence-electron chi connectivity index (χ4n) is 1.80. The van der Waals surface area contributed by atoms with Gasteiger partial charge in [-0.3, -0.25) is 4.79 Å². The predicted molar refractivity (Wildman–Crippen MR) is 64.1 cm³/mol. The Labute approximate surface area is 97.9 Å². The first-order chi connectivity index (χ1) is 7.52. The summed E-state index contributed by atoms with van der Waals surface area (Å²) in [6.45, 7) is 6.51. The highest BCUT2D eigenvalue weighted by molar-refractivity contribution is 5.75. The van der Waals surface area contributed by atoms with Gasteiger partial charge in [0, 0.05) is 32.2 Å². The molecule has 0 aliphatic carbocycles. The lowest BCUT2D eigenvalue weighted by molar-refractivity contribution is -0.122. The molecule has 0 aromatic rings. The van der Waals surface area contributed by atoms with E-state index in [4.69, 9.17) is 10.5 Å². The topological polar surface area (TPSA) is 64.4 Å². The number of amides is 1. The van der Waals surface area contributed by atoms with E-state index in [2.05, 4.69) is 12.2 Å². The van der Waals surface area contributed by atoms with Gasteiger partial charge in [-0.2, -0.15) is 0 Å². The molecule has 16 heavy (non-hydrogen) atoms. The van der Waals surface area contributed by atoms with Crippen LogP contribution in [0.2, 0.25) is 0 Å². The summed E-state index contributed by atoms with van der Waals surface area (Å²) in [7, 11) is 0. The second kappa shape index (κ2) is 6.21. The number of carbonyl (C=O) groups is 1. The minimum Gasteiger partial charge on any atom is -0.381 e. The van der Waals surface area contributed by atoms with Crippen LogP contribution in [0.5, 0.6) is 0 Å². The third-order valence-electron chi connectivity index (χ3n) is 3.24. The fourth-order valence-corrected chi connectivity index (χ4v) is 1.80. The largest absolute Gasteiger partial charge is 0.381 e. The first kappa shape index (κ1) is 13.5. The molecule has 1 aliphatic heterocycles. The molecule has 1 fully saturated rings. The summed E-state index contributed by atoms with van der Waals surface area (Å²) >= 11 is 0. The van der Waals surface area contributed by atoms with Crippen LogP contribution >= 0.6 is 0 Å². The van der Waals surface area contributed by atoms with Crippen molar-refractivity contribution in [3.8, 4) is 0 Å². The lowest BCUT2D eigenvalue weighted by Gasteiger charge is -2.33. The van der Waals surface area contributed by atoms with Gasteiger partial charge in [0.2, 0.25) is 5.91 Å². The number of carbonyl (C=O) groups excluding carboxylic acids is 1. The van der Waals surface area contributed by atoms with Gasteiger partial charge in [0.1, 0.15) is 0 Å². The van der Waals surface area contributed by atoms with Crippen molar-refractivity contribution in [2.24, 2.45) is 11.1 Å². The standard InChI is InChI=1S/C12H24N2O2/c1-10(13)3-4-11(15)14-9-12(2)5-7-16-8-6-12/h10H,3-9,13H2,1-2H3,(H,14,15). The van der Waals surface area contributed by atoms with Gasteiger partial charge in [0.15, 0.2) is 0 Å². The van der Waals surface area contributed by atoms with Gasteiger partial charge < -0.3 is 15.8 Å². The summed E-state index contributed by atoms with van der Waals surface area (Å²) in [6, 6.07) is 0.101. The van der Waals surface area contributed by atoms with Gasteiger partial charge >= 0.3 is 0 Å². The molecule has 0 radical (unpaired) electrons. The van der Waals surface area contributed by atoms with E-state index in [0.29, 0.717) is 6.42 Å². The van der Waals surface area contributed by atoms with Crippen molar-refractivity contribution >= 4 is 5.91 Å². The Balaban J connectivity index is 2.19. The van der Waals surface area contributed by atoms with Crippen molar-refractivity contribution in [3.05, 3.63) is 0 Å². The molecule has 1 rings (SSSR count). The van der Waals surface area contributed by atoms with E-state index >= 15 is 0 Å². The molecule has 4 nitrogen and oxygen atoms in total. The van der Waals surface area contributed by atoms with Crippen LogP contribution in [0, 0.1) is 5.41 Å². The zero-order valence-corrected chi connectivity index (χ0v) is 10.4. The fraction of sp³-hybridized carbons (Fsp3) is 0.917. The maximum absolute atomic E-state index is 11.5. The summed E-state index contributed by atoms with van der Waals surface area (Å²) < 4.78 is 5.32. The highest BCUT2D eigenvalue weighted by Gasteiger charge is 2.27. The van der Waals surface area contributed by atoms with Crippen molar-refractivity contribution in [1.82, 2.24) is 5.32 Å². The average molecular weight is 228 g/mol. The van der Waals surface area contributed by atoms with Gasteiger partial charge in [0.25, 0.3) is 0 Å². The maximum Gasteiger partial charge on any atom is 0.220 e. The first-order valence-corrected chi connectivity index (χ1v) is 6.12. The second-order valence-corrected chi connectivity index (χ2v) is 5.22. The molecule has 0 bridgehead atoms. The molecular weight excluding hydrogens is 204 g/mol. The van der Waals surface area contributed by atoms with Gasteiger partial charge in [-0.25, -0.2) is 0 Å². The van der Waals surface area contributed by atoms with Crippen LogP contribution in [0.3, 0.4) is 0 Å². The van der Waals surface area contributed by atoms with E-state index in [1.165, 1.54) is 0 Å². The summed E-state index contributed by atoms with van der Waals surface area (Å²) in [5.74, 6) is 0.116. The molecular formula is C12H24N2O2. The van der Waals surface area contributed by atoms with Gasteiger partial charge in [0.05, 0.1) is 0 Å². The Morgan fingerprint density at radius 1 is 1.50 bits per heavy atom. The molecule has 1 saturated heterocycles. The summed E-state index contributed by atoms with van der Waals surface area (Å²) in [4.78, 5) is 11.5. The molecule has 1 atom stereocenters. The van der Waals surface area contributed by atoms with Crippen molar-refractivity contribution in [2.45, 2.75) is 45.6 Å². The smallest absolute Gasteiger partial charge is 0.220 e. The van der Waals surface area contributed by atoms with Crippen LogP contribution < -0.4 is 11.1 Å². The number of hydrogen-bond acceptors (Lipinski definition) is 3. The molecule has 1 unspecified atom stereocenters. The number of rotatable bonds is 5. The lowest BCUT2D eigenvalue weighted by Crippen LogP contribution is -2.39. The van der Waals surface area contributed by atoms with Crippen molar-refractivity contribution in [3.63, 3.8) is 0 Å². The molecule has 1 heterocycles. The van der Waals surface area contributed by atoms with Crippen LogP contribution in [0.1, 0.15) is 39.5 Å². The SMILES string of the molecule is CC(N)CCC(=O)NCC1(C)CCOCC1. The van der Waals surface area contributed by atoms with E-state index in [1.807, 2.05) is 6.92 Å². The van der Waals surface area contributed by atoms with E-state index in [9.17, 15) is 4.79 Å². The molecule has 3 N–H and O–H groups in total. The Bertz CT molecular complexity index is 223. The van der Waals surface area contributed by atoms with Crippen LogP contribution in [0.4, 0.5) is 0 Å². The molecule has 0 saturated carbocycles. The monoisotopic (exact) mass is 228 g/mol. The number of nitrogens with one attached hydrogen (secondary N) is 1. The first-order valence-electron chi connectivity index (χ1n) is 6.12. The normalized spacial score (nSPS) is 21.4. The van der Waals surface area contributed by atoms with Crippen LogP contribution in [0.25, 0.3) is 0 Å². The number of hydrogen-bond donors (Lipinski definition) is 2. The Morgan fingerprint density at radius 3 is 2.69 bits per heavy atom. The maximum atomic E-state index is 11.5. The molecule has 4 heteroatoms. The van der Waals surface area contributed by atoms with Crippen molar-refractivity contribution < 1.29 is 9.53 Å². The van der Waals surface area contributed by atoms with E-state index in [0.717, 1.165) is 39.0 Å². The third-order valence-corrected chi connectivity index (χ3v) is 3.24. The summed E-state index contributed by atoms with van der Waals surface area (Å²) in [5.41, 5.74) is 5.82. The summed E-state index contributed by atoms with van der Waals surface area (Å²) in [6.07, 6.45) is 3.34. The average Bonchev–Trinajstić information content (AvgIpc) is 2.25. The van der Waals surface area contributed by atoms with Crippen LogP contribution in [0.15, 0.2) is 0 Å². The predicted octanol–water partition coefficient (Wildman–Crippen LogP) is 1.05. The zero-order chi connectivity index (χ0) is 12.0. The van der Waals surface area contributed by atoms with Crippen LogP contribution in [-0.4, -0.2) is 31.7 Å². The highest BCUT2D eigenvalue weighted by atomic mass is 16.5. The Hall–Kier alpha value is -0.610. The van der Waals surface area contributed by atoms with Crippen LogP contribution in [-0.2, 0) is 9.53 Å². The lowest BCUT2D eigenvalue weighted by atomic mass is 9.82. The molecule has 1 aliphatic rings. The Morgan fingerprint density at radius 2 is 2.12 bits per heavy atom. The highest BCUT2D eigenvalue weighted by Crippen LogP contribution is 2.28. The summed E-state index contributed by atoms with van der Waals surface area (Å²) in [5, 5.41) is 3.00. The van der Waals surface area contributed by atoms with Crippen molar-refractivity contribution in [2.75, 3.05) is 19.8 Å². The van der Waals surface area contributed by atoms with E-state index in [-0.39, 0.29) is 17.4 Å². The Kier molecular flexibility index (Phi) is 5.22. The van der Waals surface area contributed by atoms with E-state index < -0.39 is 0 Å². The number of nitrogens with two attached hydrogens (primary N) is 1. The molecule has 1 amide bonds. The second-order valence-electron chi connectivity index (χ2n) is 5.22. The molecule has 94 valence electrons. The molecule has 0 spiro atoms. The van der Waals surface area contributed by atoms with Gasteiger partial charge in [-0.1, -0.05) is 6.92 Å².